The van der Waals surface area contributed by atoms with Gasteiger partial charge in [0.1, 0.15) is 12.1 Å². The van der Waals surface area contributed by atoms with Crippen LogP contribution < -0.4 is 10.6 Å². The lowest BCUT2D eigenvalue weighted by molar-refractivity contribution is -0.117. The third kappa shape index (κ3) is 3.91. The van der Waals surface area contributed by atoms with E-state index in [4.69, 9.17) is 0 Å². The second kappa shape index (κ2) is 7.41. The zero-order chi connectivity index (χ0) is 22.5. The van der Waals surface area contributed by atoms with E-state index in [0.29, 0.717) is 39.6 Å². The molecule has 4 aromatic rings. The van der Waals surface area contributed by atoms with Crippen LogP contribution in [0.2, 0.25) is 0 Å². The van der Waals surface area contributed by atoms with Gasteiger partial charge in [-0.2, -0.15) is 10.2 Å². The van der Waals surface area contributed by atoms with Crippen molar-refractivity contribution < 1.29 is 13.2 Å². The average Bonchev–Trinajstić information content (AvgIpc) is 3.33. The molecular formula is C20H20N8O3S. The molecule has 0 spiro atoms. The number of hydrogen-bond donors (Lipinski definition) is 3. The summed E-state index contributed by atoms with van der Waals surface area (Å²) in [7, 11) is -1.84. The van der Waals surface area contributed by atoms with Crippen molar-refractivity contribution in [1.29, 1.82) is 0 Å². The molecule has 164 valence electrons. The normalized spacial score (nSPS) is 13.9. The van der Waals surface area contributed by atoms with E-state index in [2.05, 4.69) is 35.9 Å². The number of aryl methyl sites for hydroxylation is 1. The lowest BCUT2D eigenvalue weighted by atomic mass is 10.2. The van der Waals surface area contributed by atoms with E-state index in [0.717, 1.165) is 19.1 Å². The van der Waals surface area contributed by atoms with Gasteiger partial charge in [0.2, 0.25) is 5.91 Å². The smallest absolute Gasteiger partial charge is 0.228 e. The van der Waals surface area contributed by atoms with Crippen LogP contribution in [0.3, 0.4) is 0 Å². The number of anilines is 3. The summed E-state index contributed by atoms with van der Waals surface area (Å²) in [5.74, 6) is 0.730. The van der Waals surface area contributed by atoms with Gasteiger partial charge in [-0.05, 0) is 31.0 Å². The fourth-order valence-corrected chi connectivity index (χ4v) is 4.22. The van der Waals surface area contributed by atoms with Gasteiger partial charge >= 0.3 is 0 Å². The van der Waals surface area contributed by atoms with E-state index >= 15 is 0 Å². The first-order valence-electron chi connectivity index (χ1n) is 9.90. The van der Waals surface area contributed by atoms with Crippen LogP contribution in [0.25, 0.3) is 22.4 Å². The summed E-state index contributed by atoms with van der Waals surface area (Å²) in [5, 5.41) is 17.7. The maximum absolute atomic E-state index is 12.6. The summed E-state index contributed by atoms with van der Waals surface area (Å²) < 4.78 is 26.7. The molecule has 5 rings (SSSR count). The van der Waals surface area contributed by atoms with Crippen LogP contribution in [0.4, 0.5) is 17.2 Å². The molecule has 32 heavy (non-hydrogen) atoms. The molecule has 0 saturated heterocycles. The number of carbonyl (C=O) groups excluding carboxylic acids is 1. The predicted octanol–water partition coefficient (Wildman–Crippen LogP) is 2.25. The molecule has 3 heterocycles. The number of benzene rings is 1. The molecule has 3 N–H and O–H groups in total. The van der Waals surface area contributed by atoms with Crippen molar-refractivity contribution in [2.75, 3.05) is 16.9 Å². The van der Waals surface area contributed by atoms with Crippen LogP contribution >= 0.6 is 0 Å². The van der Waals surface area contributed by atoms with Crippen molar-refractivity contribution in [2.45, 2.75) is 17.7 Å². The summed E-state index contributed by atoms with van der Waals surface area (Å²) in [6, 6.07) is 6.61. The Hall–Kier alpha value is -3.80. The molecule has 1 aliphatic rings. The van der Waals surface area contributed by atoms with Crippen molar-refractivity contribution in [3.8, 4) is 11.4 Å². The number of hydrogen-bond acceptors (Lipinski definition) is 8. The summed E-state index contributed by atoms with van der Waals surface area (Å²) in [4.78, 5) is 20.9. The Morgan fingerprint density at radius 3 is 2.72 bits per heavy atom. The molecule has 0 bridgehead atoms. The van der Waals surface area contributed by atoms with Crippen LogP contribution in [0, 0.1) is 5.92 Å². The van der Waals surface area contributed by atoms with Gasteiger partial charge in [0.15, 0.2) is 21.3 Å². The van der Waals surface area contributed by atoms with Crippen molar-refractivity contribution in [2.24, 2.45) is 13.0 Å². The highest BCUT2D eigenvalue weighted by molar-refractivity contribution is 7.90. The number of fused-ring (bicyclic) bond motifs is 1. The highest BCUT2D eigenvalue weighted by Crippen LogP contribution is 2.34. The fourth-order valence-electron chi connectivity index (χ4n) is 3.36. The third-order valence-corrected chi connectivity index (χ3v) is 6.27. The largest absolute Gasteiger partial charge is 0.354 e. The predicted molar refractivity (Wildman–Crippen MR) is 118 cm³/mol. The molecule has 0 radical (unpaired) electrons. The van der Waals surface area contributed by atoms with Crippen LogP contribution in [0.5, 0.6) is 0 Å². The molecule has 3 aromatic heterocycles. The maximum Gasteiger partial charge on any atom is 0.228 e. The molecule has 1 amide bonds. The van der Waals surface area contributed by atoms with Gasteiger partial charge in [-0.15, -0.1) is 0 Å². The standard InChI is InChI=1S/C20H20N8O3S/c1-28-10-21-18(27-28)12-5-6-14(16(7-12)32(2,30)31)23-15-8-17(25-20(29)11-3-4-11)24-19-13(15)9-22-26-19/h5-11H,3-4H2,1-2H3,(H3,22,23,24,25,26,29). The van der Waals surface area contributed by atoms with Crippen LogP contribution in [-0.2, 0) is 21.7 Å². The van der Waals surface area contributed by atoms with E-state index in [9.17, 15) is 13.2 Å². The number of nitrogens with zero attached hydrogens (tertiary/aromatic N) is 5. The Labute approximate surface area is 183 Å². The quantitative estimate of drug-likeness (QED) is 0.403. The number of sulfone groups is 1. The molecule has 1 saturated carbocycles. The summed E-state index contributed by atoms with van der Waals surface area (Å²) >= 11 is 0. The lowest BCUT2D eigenvalue weighted by Crippen LogP contribution is -2.14. The third-order valence-electron chi connectivity index (χ3n) is 5.13. The van der Waals surface area contributed by atoms with Crippen LogP contribution in [0.1, 0.15) is 12.8 Å². The minimum atomic E-state index is -3.58. The first-order chi connectivity index (χ1) is 15.3. The monoisotopic (exact) mass is 452 g/mol. The van der Waals surface area contributed by atoms with Gasteiger partial charge in [0, 0.05) is 30.9 Å². The molecule has 0 aliphatic heterocycles. The zero-order valence-electron chi connectivity index (χ0n) is 17.3. The Morgan fingerprint density at radius 2 is 2.03 bits per heavy atom. The number of aromatic amines is 1. The molecule has 1 aromatic carbocycles. The molecule has 12 heteroatoms. The van der Waals surface area contributed by atoms with Gasteiger partial charge in [0.25, 0.3) is 0 Å². The average molecular weight is 453 g/mol. The number of nitrogens with one attached hydrogen (secondary N) is 3. The summed E-state index contributed by atoms with van der Waals surface area (Å²) in [6.07, 6.45) is 6.02. The van der Waals surface area contributed by atoms with E-state index < -0.39 is 9.84 Å². The van der Waals surface area contributed by atoms with Crippen LogP contribution in [0.15, 0.2) is 41.7 Å². The number of pyridine rings is 1. The Balaban J connectivity index is 1.55. The van der Waals surface area contributed by atoms with Crippen molar-refractivity contribution in [1.82, 2.24) is 29.9 Å². The maximum atomic E-state index is 12.6. The highest BCUT2D eigenvalue weighted by Gasteiger charge is 2.30. The van der Waals surface area contributed by atoms with E-state index in [1.807, 2.05) is 0 Å². The number of H-pyrrole nitrogens is 1. The Bertz CT molecular complexity index is 1450. The van der Waals surface area contributed by atoms with E-state index in [1.165, 1.54) is 6.07 Å². The second-order valence-electron chi connectivity index (χ2n) is 7.80. The van der Waals surface area contributed by atoms with Gasteiger partial charge in [-0.25, -0.2) is 18.4 Å². The number of rotatable bonds is 6. The van der Waals surface area contributed by atoms with E-state index in [-0.39, 0.29) is 16.7 Å². The number of aromatic nitrogens is 6. The van der Waals surface area contributed by atoms with Crippen molar-refractivity contribution >= 4 is 44.0 Å². The molecule has 0 atom stereocenters. The van der Waals surface area contributed by atoms with Gasteiger partial charge < -0.3 is 10.6 Å². The fraction of sp³-hybridized carbons (Fsp3) is 0.250. The first-order valence-corrected chi connectivity index (χ1v) is 11.8. The van der Waals surface area contributed by atoms with Crippen LogP contribution in [-0.4, -0.2) is 50.5 Å². The first kappa shape index (κ1) is 20.1. The van der Waals surface area contributed by atoms with E-state index in [1.54, 1.807) is 42.5 Å². The van der Waals surface area contributed by atoms with Gasteiger partial charge in [-0.1, -0.05) is 0 Å². The SMILES string of the molecule is Cn1cnc(-c2ccc(Nc3cc(NC(=O)C4CC4)nc4[nH]ncc34)c(S(C)(=O)=O)c2)n1. The van der Waals surface area contributed by atoms with Gasteiger partial charge in [0.05, 0.1) is 27.9 Å². The number of carbonyl (C=O) groups is 1. The zero-order valence-corrected chi connectivity index (χ0v) is 18.1. The molecule has 1 aliphatic carbocycles. The van der Waals surface area contributed by atoms with Gasteiger partial charge in [-0.3, -0.25) is 14.6 Å². The summed E-state index contributed by atoms with van der Waals surface area (Å²) in [5.41, 5.74) is 1.98. The Morgan fingerprint density at radius 1 is 1.22 bits per heavy atom. The molecule has 0 unspecified atom stereocenters. The van der Waals surface area contributed by atoms with Crippen molar-refractivity contribution in [3.63, 3.8) is 0 Å². The summed E-state index contributed by atoms with van der Waals surface area (Å²) in [6.45, 7) is 0. The number of amides is 1. The highest BCUT2D eigenvalue weighted by atomic mass is 32.2. The minimum Gasteiger partial charge on any atom is -0.354 e. The molecular weight excluding hydrogens is 432 g/mol. The Kier molecular flexibility index (Phi) is 4.66. The minimum absolute atomic E-state index is 0.0234. The molecule has 1 fully saturated rings. The topological polar surface area (TPSA) is 148 Å². The second-order valence-corrected chi connectivity index (χ2v) is 9.78. The lowest BCUT2D eigenvalue weighted by Gasteiger charge is -2.14. The molecule has 11 nitrogen and oxygen atoms in total. The van der Waals surface area contributed by atoms with Crippen molar-refractivity contribution in [3.05, 3.63) is 36.8 Å².